The maximum atomic E-state index is 6.14. The van der Waals surface area contributed by atoms with Gasteiger partial charge < -0.3 is 18.9 Å². The van der Waals surface area contributed by atoms with Crippen LogP contribution in [-0.4, -0.2) is 74.5 Å². The Hall–Kier alpha value is -2.76. The Balaban J connectivity index is 1.16. The van der Waals surface area contributed by atoms with Gasteiger partial charge in [-0.2, -0.15) is 5.10 Å². The number of hydrogen-bond acceptors (Lipinski definition) is 8. The molecule has 1 saturated heterocycles. The third-order valence-corrected chi connectivity index (χ3v) is 8.55. The lowest BCUT2D eigenvalue weighted by molar-refractivity contribution is 0.0322. The minimum Gasteiger partial charge on any atom is -0.469 e. The summed E-state index contributed by atoms with van der Waals surface area (Å²) >= 11 is 1.54. The van der Waals surface area contributed by atoms with Crippen LogP contribution in [0.4, 0.5) is 0 Å². The number of morpholine rings is 1. The molecule has 37 heavy (non-hydrogen) atoms. The summed E-state index contributed by atoms with van der Waals surface area (Å²) < 4.78 is 26.2. The lowest BCUT2D eigenvalue weighted by atomic mass is 10.1. The van der Waals surface area contributed by atoms with Gasteiger partial charge in [-0.15, -0.1) is 0 Å². The van der Waals surface area contributed by atoms with Crippen LogP contribution in [0.2, 0.25) is 19.1 Å². The van der Waals surface area contributed by atoms with E-state index in [2.05, 4.69) is 40.2 Å². The molecule has 1 aliphatic heterocycles. The van der Waals surface area contributed by atoms with Crippen LogP contribution >= 0.6 is 11.3 Å². The summed E-state index contributed by atoms with van der Waals surface area (Å²) in [5, 5.41) is 5.11. The second-order valence-corrected chi connectivity index (χ2v) is 13.8. The molecule has 3 heterocycles. The van der Waals surface area contributed by atoms with Crippen molar-refractivity contribution in [2.45, 2.75) is 25.9 Å². The van der Waals surface area contributed by atoms with E-state index in [-0.39, 0.29) is 0 Å². The van der Waals surface area contributed by atoms with Crippen molar-refractivity contribution in [1.82, 2.24) is 19.7 Å². The molecule has 0 spiro atoms. The Morgan fingerprint density at radius 3 is 2.62 bits per heavy atom. The molecule has 0 unspecified atom stereocenters. The molecule has 196 valence electrons. The van der Waals surface area contributed by atoms with Crippen LogP contribution in [-0.2, 0) is 16.2 Å². The Bertz CT molecular complexity index is 1270. The smallest absolute Gasteiger partial charge is 0.274 e. The molecule has 0 radical (unpaired) electrons. The van der Waals surface area contributed by atoms with Gasteiger partial charge >= 0.3 is 0 Å². The first-order valence-corrected chi connectivity index (χ1v) is 16.8. The lowest BCUT2D eigenvalue weighted by Gasteiger charge is -2.26. The molecular weight excluding hydrogens is 504 g/mol. The number of benzene rings is 2. The second kappa shape index (κ2) is 12.7. The topological polar surface area (TPSA) is 70.9 Å². The minimum absolute atomic E-state index is 0.468. The zero-order chi connectivity index (χ0) is 25.5. The molecule has 2 aromatic heterocycles. The van der Waals surface area contributed by atoms with Gasteiger partial charge in [-0.1, -0.05) is 24.4 Å². The molecule has 4 aromatic rings. The van der Waals surface area contributed by atoms with Crippen molar-refractivity contribution in [3.8, 4) is 28.0 Å². The van der Waals surface area contributed by atoms with E-state index >= 15 is 0 Å². The summed E-state index contributed by atoms with van der Waals surface area (Å²) in [4.78, 5) is 6.96. The molecule has 0 amide bonds. The standard InChI is InChI=1S/C27H34N4O4SSi/c1-37(2)18-17-33-20-31-25(9-10-28-31)21-3-5-22(6-4-21)35-23-7-8-24-26(19-23)36-27(29-24)34-16-13-30-11-14-32-15-12-30/h3-10,19,37H,11-18,20H2,1-2H3. The van der Waals surface area contributed by atoms with Crippen molar-refractivity contribution in [1.29, 1.82) is 0 Å². The van der Waals surface area contributed by atoms with Crippen molar-refractivity contribution in [2.75, 3.05) is 46.1 Å². The van der Waals surface area contributed by atoms with Gasteiger partial charge in [0.15, 0.2) is 0 Å². The van der Waals surface area contributed by atoms with E-state index in [1.165, 1.54) is 6.04 Å². The average molecular weight is 539 g/mol. The van der Waals surface area contributed by atoms with Crippen LogP contribution < -0.4 is 9.47 Å². The third-order valence-electron chi connectivity index (χ3n) is 6.23. The number of rotatable bonds is 12. The summed E-state index contributed by atoms with van der Waals surface area (Å²) in [6, 6.07) is 17.2. The Morgan fingerprint density at radius 2 is 1.81 bits per heavy atom. The van der Waals surface area contributed by atoms with Crippen molar-refractivity contribution in [2.24, 2.45) is 0 Å². The Morgan fingerprint density at radius 1 is 1.00 bits per heavy atom. The van der Waals surface area contributed by atoms with Gasteiger partial charge in [0.2, 0.25) is 0 Å². The zero-order valence-electron chi connectivity index (χ0n) is 21.5. The van der Waals surface area contributed by atoms with E-state index in [1.807, 2.05) is 47.3 Å². The predicted molar refractivity (Wildman–Crippen MR) is 150 cm³/mol. The molecule has 0 N–H and O–H groups in total. The normalized spacial score (nSPS) is 14.5. The highest BCUT2D eigenvalue weighted by Gasteiger charge is 2.12. The van der Waals surface area contributed by atoms with Crippen molar-refractivity contribution >= 4 is 30.4 Å². The van der Waals surface area contributed by atoms with Crippen LogP contribution in [0.3, 0.4) is 0 Å². The molecule has 0 atom stereocenters. The first kappa shape index (κ1) is 25.9. The van der Waals surface area contributed by atoms with Crippen molar-refractivity contribution in [3.05, 3.63) is 54.7 Å². The molecule has 0 bridgehead atoms. The highest BCUT2D eigenvalue weighted by Crippen LogP contribution is 2.33. The quantitative estimate of drug-likeness (QED) is 0.183. The summed E-state index contributed by atoms with van der Waals surface area (Å²) in [5.74, 6) is 1.55. The predicted octanol–water partition coefficient (Wildman–Crippen LogP) is 5.12. The molecule has 2 aromatic carbocycles. The number of nitrogens with zero attached hydrogens (tertiary/aromatic N) is 4. The SMILES string of the molecule is C[SiH](C)CCOCn1nccc1-c1ccc(Oc2ccc3nc(OCCN4CCOCC4)sc3c2)cc1. The van der Waals surface area contributed by atoms with Gasteiger partial charge in [-0.25, -0.2) is 9.67 Å². The van der Waals surface area contributed by atoms with Crippen LogP contribution in [0.25, 0.3) is 21.5 Å². The van der Waals surface area contributed by atoms with Crippen molar-refractivity contribution in [3.63, 3.8) is 0 Å². The number of ether oxygens (including phenoxy) is 4. The van der Waals surface area contributed by atoms with Crippen LogP contribution in [0.1, 0.15) is 0 Å². The number of hydrogen-bond donors (Lipinski definition) is 0. The summed E-state index contributed by atoms with van der Waals surface area (Å²) in [5.41, 5.74) is 3.02. The average Bonchev–Trinajstić information content (AvgIpc) is 3.54. The molecule has 1 fully saturated rings. The van der Waals surface area contributed by atoms with Gasteiger partial charge in [0, 0.05) is 52.9 Å². The van der Waals surface area contributed by atoms with Crippen LogP contribution in [0.15, 0.2) is 54.7 Å². The second-order valence-electron chi connectivity index (χ2n) is 9.47. The molecule has 8 nitrogen and oxygen atoms in total. The number of aromatic nitrogens is 3. The van der Waals surface area contributed by atoms with E-state index in [4.69, 9.17) is 18.9 Å². The summed E-state index contributed by atoms with van der Waals surface area (Å²) in [7, 11) is -0.594. The zero-order valence-corrected chi connectivity index (χ0v) is 23.4. The van der Waals surface area contributed by atoms with E-state index in [1.54, 1.807) is 11.3 Å². The van der Waals surface area contributed by atoms with E-state index in [9.17, 15) is 0 Å². The molecule has 0 saturated carbocycles. The molecule has 0 aliphatic carbocycles. The van der Waals surface area contributed by atoms with Gasteiger partial charge in [-0.05, 0) is 48.5 Å². The van der Waals surface area contributed by atoms with Gasteiger partial charge in [0.05, 0.1) is 29.1 Å². The van der Waals surface area contributed by atoms with Crippen LogP contribution in [0, 0.1) is 0 Å². The van der Waals surface area contributed by atoms with E-state index < -0.39 is 8.80 Å². The van der Waals surface area contributed by atoms with Crippen LogP contribution in [0.5, 0.6) is 16.7 Å². The monoisotopic (exact) mass is 538 g/mol. The first-order valence-electron chi connectivity index (χ1n) is 12.9. The fraction of sp³-hybridized carbons (Fsp3) is 0.407. The summed E-state index contributed by atoms with van der Waals surface area (Å²) in [6.07, 6.45) is 1.81. The molecule has 10 heteroatoms. The highest BCUT2D eigenvalue weighted by atomic mass is 32.1. The molecule has 5 rings (SSSR count). The minimum atomic E-state index is -0.594. The Kier molecular flexibility index (Phi) is 8.85. The number of thiazole rings is 1. The third kappa shape index (κ3) is 7.17. The van der Waals surface area contributed by atoms with E-state index in [0.717, 1.165) is 72.4 Å². The van der Waals surface area contributed by atoms with Crippen molar-refractivity contribution < 1.29 is 18.9 Å². The van der Waals surface area contributed by atoms with Gasteiger partial charge in [-0.3, -0.25) is 4.90 Å². The molecule has 1 aliphatic rings. The fourth-order valence-corrected chi connectivity index (χ4v) is 5.58. The van der Waals surface area contributed by atoms with E-state index in [0.29, 0.717) is 18.5 Å². The Labute approximate surface area is 223 Å². The largest absolute Gasteiger partial charge is 0.469 e. The maximum Gasteiger partial charge on any atom is 0.274 e. The highest BCUT2D eigenvalue weighted by molar-refractivity contribution is 7.20. The lowest BCUT2D eigenvalue weighted by Crippen LogP contribution is -2.38. The number of fused-ring (bicyclic) bond motifs is 1. The van der Waals surface area contributed by atoms with Gasteiger partial charge in [0.1, 0.15) is 24.8 Å². The fourth-order valence-electron chi connectivity index (χ4n) is 4.08. The first-order chi connectivity index (χ1) is 18.1. The summed E-state index contributed by atoms with van der Waals surface area (Å²) in [6.45, 7) is 11.0. The molecular formula is C27H34N4O4SSi. The maximum absolute atomic E-state index is 6.14. The van der Waals surface area contributed by atoms with Gasteiger partial charge in [0.25, 0.3) is 5.19 Å².